The summed E-state index contributed by atoms with van der Waals surface area (Å²) in [6, 6.07) is 11.9. The number of benzene rings is 2. The molecular weight excluding hydrogens is 386 g/mol. The van der Waals surface area contributed by atoms with Crippen LogP contribution in [0.4, 0.5) is 11.4 Å². The van der Waals surface area contributed by atoms with Crippen LogP contribution < -0.4 is 10.1 Å². The van der Waals surface area contributed by atoms with Gasteiger partial charge >= 0.3 is 0 Å². The van der Waals surface area contributed by atoms with Gasteiger partial charge in [-0.05, 0) is 45.0 Å². The van der Waals surface area contributed by atoms with Gasteiger partial charge in [-0.25, -0.2) is 0 Å². The quantitative estimate of drug-likeness (QED) is 0.425. The summed E-state index contributed by atoms with van der Waals surface area (Å²) in [5.74, 6) is 0.120. The first-order chi connectivity index (χ1) is 14.4. The van der Waals surface area contributed by atoms with E-state index in [0.29, 0.717) is 31.7 Å². The van der Waals surface area contributed by atoms with E-state index >= 15 is 0 Å². The Morgan fingerprint density at radius 1 is 1.17 bits per heavy atom. The Balaban J connectivity index is 1.54. The van der Waals surface area contributed by atoms with E-state index in [2.05, 4.69) is 5.32 Å². The highest BCUT2D eigenvalue weighted by atomic mass is 16.6. The number of carbonyl (C=O) groups excluding carboxylic acids is 2. The smallest absolute Gasteiger partial charge is 0.296 e. The van der Waals surface area contributed by atoms with Crippen LogP contribution in [0.25, 0.3) is 0 Å². The Kier molecular flexibility index (Phi) is 6.79. The molecule has 30 heavy (non-hydrogen) atoms. The predicted molar refractivity (Wildman–Crippen MR) is 113 cm³/mol. The molecule has 0 atom stereocenters. The first-order valence-electron chi connectivity index (χ1n) is 9.83. The number of ketones is 1. The minimum atomic E-state index is -0.555. The number of hydrogen-bond donors (Lipinski definition) is 1. The van der Waals surface area contributed by atoms with E-state index in [9.17, 15) is 19.7 Å². The normalized spacial score (nSPS) is 14.9. The average molecular weight is 411 g/mol. The molecule has 1 saturated heterocycles. The van der Waals surface area contributed by atoms with Crippen molar-refractivity contribution in [2.24, 2.45) is 5.92 Å². The molecule has 0 saturated carbocycles. The van der Waals surface area contributed by atoms with Crippen molar-refractivity contribution in [3.8, 4) is 5.75 Å². The van der Waals surface area contributed by atoms with Crippen molar-refractivity contribution in [1.82, 2.24) is 4.90 Å². The summed E-state index contributed by atoms with van der Waals surface area (Å²) in [6.45, 7) is 3.35. The number of nitro groups is 1. The van der Waals surface area contributed by atoms with Gasteiger partial charge < -0.3 is 10.1 Å². The number of hydrogen-bond acceptors (Lipinski definition) is 6. The molecule has 0 unspecified atom stereocenters. The predicted octanol–water partition coefficient (Wildman–Crippen LogP) is 3.45. The SMILES string of the molecule is COc1ccc(NC(=O)CN2CCC(C(=O)c3ccc(C)cc3)CC2)c([N+](=O)[O-])c1. The topological polar surface area (TPSA) is 102 Å². The first kappa shape index (κ1) is 21.4. The molecule has 1 heterocycles. The Bertz CT molecular complexity index is 934. The fourth-order valence-electron chi connectivity index (χ4n) is 3.59. The Morgan fingerprint density at radius 3 is 2.43 bits per heavy atom. The minimum Gasteiger partial charge on any atom is -0.496 e. The van der Waals surface area contributed by atoms with Gasteiger partial charge in [0.25, 0.3) is 5.69 Å². The molecule has 1 aliphatic heterocycles. The zero-order valence-electron chi connectivity index (χ0n) is 17.1. The third-order valence-corrected chi connectivity index (χ3v) is 5.34. The number of nitrogens with zero attached hydrogens (tertiary/aromatic N) is 2. The van der Waals surface area contributed by atoms with Crippen LogP contribution in [-0.4, -0.2) is 48.3 Å². The van der Waals surface area contributed by atoms with Gasteiger partial charge in [0.1, 0.15) is 11.4 Å². The van der Waals surface area contributed by atoms with Gasteiger partial charge in [0.2, 0.25) is 5.91 Å². The number of anilines is 1. The molecule has 0 radical (unpaired) electrons. The molecular formula is C22H25N3O5. The lowest BCUT2D eigenvalue weighted by molar-refractivity contribution is -0.384. The number of amides is 1. The minimum absolute atomic E-state index is 0.0466. The molecule has 2 aromatic carbocycles. The number of likely N-dealkylation sites (tertiary alicyclic amines) is 1. The summed E-state index contributed by atoms with van der Waals surface area (Å²) in [6.07, 6.45) is 1.37. The highest BCUT2D eigenvalue weighted by molar-refractivity contribution is 5.98. The molecule has 0 bridgehead atoms. The van der Waals surface area contributed by atoms with Gasteiger partial charge in [-0.3, -0.25) is 24.6 Å². The summed E-state index contributed by atoms with van der Waals surface area (Å²) >= 11 is 0. The lowest BCUT2D eigenvalue weighted by atomic mass is 9.88. The second kappa shape index (κ2) is 9.49. The molecule has 1 aliphatic rings. The van der Waals surface area contributed by atoms with Gasteiger partial charge in [0.05, 0.1) is 24.6 Å². The maximum atomic E-state index is 12.7. The Morgan fingerprint density at radius 2 is 1.83 bits per heavy atom. The molecule has 1 amide bonds. The fourth-order valence-corrected chi connectivity index (χ4v) is 3.59. The molecule has 2 aromatic rings. The van der Waals surface area contributed by atoms with Gasteiger partial charge in [-0.2, -0.15) is 0 Å². The summed E-state index contributed by atoms with van der Waals surface area (Å²) in [4.78, 5) is 37.7. The number of ether oxygens (including phenoxy) is 1. The molecule has 0 spiro atoms. The molecule has 1 N–H and O–H groups in total. The number of rotatable bonds is 7. The molecule has 0 aromatic heterocycles. The van der Waals surface area contributed by atoms with Crippen molar-refractivity contribution in [2.45, 2.75) is 19.8 Å². The first-order valence-corrected chi connectivity index (χ1v) is 9.83. The number of nitro benzene ring substituents is 1. The lowest BCUT2D eigenvalue weighted by Gasteiger charge is -2.30. The third-order valence-electron chi connectivity index (χ3n) is 5.34. The van der Waals surface area contributed by atoms with Crippen molar-refractivity contribution in [1.29, 1.82) is 0 Å². The van der Waals surface area contributed by atoms with Crippen molar-refractivity contribution < 1.29 is 19.2 Å². The van der Waals surface area contributed by atoms with Gasteiger partial charge in [-0.1, -0.05) is 29.8 Å². The fraction of sp³-hybridized carbons (Fsp3) is 0.364. The van der Waals surface area contributed by atoms with Gasteiger partial charge in [-0.15, -0.1) is 0 Å². The number of nitrogens with one attached hydrogen (secondary N) is 1. The molecule has 3 rings (SSSR count). The van der Waals surface area contributed by atoms with E-state index in [0.717, 1.165) is 11.1 Å². The molecule has 158 valence electrons. The van der Waals surface area contributed by atoms with Crippen LogP contribution in [0.5, 0.6) is 5.75 Å². The largest absolute Gasteiger partial charge is 0.496 e. The maximum absolute atomic E-state index is 12.7. The van der Waals surface area contributed by atoms with E-state index < -0.39 is 4.92 Å². The molecule has 0 aliphatic carbocycles. The van der Waals surface area contributed by atoms with Crippen LogP contribution in [0.15, 0.2) is 42.5 Å². The van der Waals surface area contributed by atoms with Gasteiger partial charge in [0, 0.05) is 11.5 Å². The van der Waals surface area contributed by atoms with E-state index in [-0.39, 0.29) is 35.5 Å². The van der Waals surface area contributed by atoms with Crippen LogP contribution in [0.2, 0.25) is 0 Å². The standard InChI is InChI=1S/C22H25N3O5/c1-15-3-5-16(6-4-15)22(27)17-9-11-24(12-10-17)14-21(26)23-19-8-7-18(30-2)13-20(19)25(28)29/h3-8,13,17H,9-12,14H2,1-2H3,(H,23,26). The van der Waals surface area contributed by atoms with Crippen molar-refractivity contribution in [3.63, 3.8) is 0 Å². The Hall–Kier alpha value is -3.26. The third kappa shape index (κ3) is 5.21. The van der Waals surface area contributed by atoms with E-state index in [4.69, 9.17) is 4.74 Å². The number of methoxy groups -OCH3 is 1. The van der Waals surface area contributed by atoms with E-state index in [1.807, 2.05) is 36.1 Å². The second-order valence-electron chi connectivity index (χ2n) is 7.47. The van der Waals surface area contributed by atoms with Crippen LogP contribution >= 0.6 is 0 Å². The number of piperidine rings is 1. The van der Waals surface area contributed by atoms with Crippen molar-refractivity contribution >= 4 is 23.1 Å². The van der Waals surface area contributed by atoms with Crippen LogP contribution in [0.1, 0.15) is 28.8 Å². The van der Waals surface area contributed by atoms with Gasteiger partial charge in [0.15, 0.2) is 5.78 Å². The van der Waals surface area contributed by atoms with Crippen LogP contribution in [0, 0.1) is 23.0 Å². The van der Waals surface area contributed by atoms with Crippen molar-refractivity contribution in [2.75, 3.05) is 32.1 Å². The second-order valence-corrected chi connectivity index (χ2v) is 7.47. The average Bonchev–Trinajstić information content (AvgIpc) is 2.74. The Labute approximate surface area is 175 Å². The summed E-state index contributed by atoms with van der Waals surface area (Å²) in [5, 5.41) is 13.9. The van der Waals surface area contributed by atoms with Crippen molar-refractivity contribution in [3.05, 3.63) is 63.7 Å². The molecule has 8 heteroatoms. The maximum Gasteiger partial charge on any atom is 0.296 e. The lowest BCUT2D eigenvalue weighted by Crippen LogP contribution is -2.40. The summed E-state index contributed by atoms with van der Waals surface area (Å²) in [7, 11) is 1.42. The molecule has 8 nitrogen and oxygen atoms in total. The number of Topliss-reactive ketones (excluding diaryl/α,β-unsaturated/α-hetero) is 1. The summed E-state index contributed by atoms with van der Waals surface area (Å²) < 4.78 is 5.00. The number of carbonyl (C=O) groups is 2. The monoisotopic (exact) mass is 411 g/mol. The number of aryl methyl sites for hydroxylation is 1. The van der Waals surface area contributed by atoms with Crippen LogP contribution in [-0.2, 0) is 4.79 Å². The highest BCUT2D eigenvalue weighted by Gasteiger charge is 2.27. The zero-order valence-corrected chi connectivity index (χ0v) is 17.1. The molecule has 1 fully saturated rings. The van der Waals surface area contributed by atoms with E-state index in [1.165, 1.54) is 19.2 Å². The van der Waals surface area contributed by atoms with Crippen LogP contribution in [0.3, 0.4) is 0 Å². The summed E-state index contributed by atoms with van der Waals surface area (Å²) in [5.41, 5.74) is 1.76. The zero-order chi connectivity index (χ0) is 21.7. The van der Waals surface area contributed by atoms with E-state index in [1.54, 1.807) is 6.07 Å². The highest BCUT2D eigenvalue weighted by Crippen LogP contribution is 2.29.